The quantitative estimate of drug-likeness (QED) is 0.584. The van der Waals surface area contributed by atoms with Crippen LogP contribution in [-0.2, 0) is 24.2 Å². The van der Waals surface area contributed by atoms with Crippen molar-refractivity contribution in [2.24, 2.45) is 0 Å². The van der Waals surface area contributed by atoms with E-state index in [0.29, 0.717) is 77.9 Å². The molecule has 184 valence electrons. The minimum atomic E-state index is -3.70. The molecule has 0 bridgehead atoms. The van der Waals surface area contributed by atoms with Gasteiger partial charge < -0.3 is 24.0 Å². The van der Waals surface area contributed by atoms with Gasteiger partial charge in [0, 0.05) is 51.6 Å². The Morgan fingerprint density at radius 3 is 2.45 bits per heavy atom. The van der Waals surface area contributed by atoms with E-state index >= 15 is 0 Å². The third-order valence-electron chi connectivity index (χ3n) is 6.38. The predicted molar refractivity (Wildman–Crippen MR) is 124 cm³/mol. The van der Waals surface area contributed by atoms with Gasteiger partial charge in [0.25, 0.3) is 5.91 Å². The van der Waals surface area contributed by atoms with Crippen LogP contribution >= 0.6 is 0 Å². The molecule has 1 amide bonds. The molecule has 0 radical (unpaired) electrons. The highest BCUT2D eigenvalue weighted by Gasteiger charge is 2.31. The van der Waals surface area contributed by atoms with Crippen LogP contribution in [0.2, 0.25) is 0 Å². The second-order valence-corrected chi connectivity index (χ2v) is 10.6. The molecule has 9 nitrogen and oxygen atoms in total. The van der Waals surface area contributed by atoms with Gasteiger partial charge in [0.05, 0.1) is 43.0 Å². The van der Waals surface area contributed by atoms with Crippen molar-refractivity contribution < 1.29 is 27.4 Å². The number of hydrogen-bond acceptors (Lipinski definition) is 7. The van der Waals surface area contributed by atoms with Crippen molar-refractivity contribution >= 4 is 21.6 Å². The molecule has 3 saturated heterocycles. The summed E-state index contributed by atoms with van der Waals surface area (Å²) in [7, 11) is -3.70. The van der Waals surface area contributed by atoms with Gasteiger partial charge in [0.15, 0.2) is 0 Å². The Bertz CT molecular complexity index is 913. The van der Waals surface area contributed by atoms with Crippen molar-refractivity contribution in [2.45, 2.75) is 37.2 Å². The lowest BCUT2D eigenvalue weighted by molar-refractivity contribution is 0.00211. The number of anilines is 1. The summed E-state index contributed by atoms with van der Waals surface area (Å²) in [6.07, 6.45) is 2.77. The topological polar surface area (TPSA) is 88.6 Å². The Morgan fingerprint density at radius 2 is 1.76 bits per heavy atom. The largest absolute Gasteiger partial charge is 0.379 e. The summed E-state index contributed by atoms with van der Waals surface area (Å²) in [5, 5.41) is 0. The summed E-state index contributed by atoms with van der Waals surface area (Å²) in [5.41, 5.74) is 1.20. The van der Waals surface area contributed by atoms with Crippen molar-refractivity contribution in [1.29, 1.82) is 0 Å². The Labute approximate surface area is 196 Å². The Kier molecular flexibility index (Phi) is 8.24. The van der Waals surface area contributed by atoms with Crippen LogP contribution in [0.15, 0.2) is 23.1 Å². The number of carbonyl (C=O) groups excluding carboxylic acids is 1. The molecule has 1 atom stereocenters. The first-order valence-electron chi connectivity index (χ1n) is 12.0. The number of morpholine rings is 2. The van der Waals surface area contributed by atoms with E-state index in [1.807, 2.05) is 4.90 Å². The number of hydrogen-bond donors (Lipinski definition) is 0. The van der Waals surface area contributed by atoms with Gasteiger partial charge in [-0.1, -0.05) is 6.92 Å². The number of sulfonamides is 1. The average molecular weight is 482 g/mol. The minimum Gasteiger partial charge on any atom is -0.379 e. The van der Waals surface area contributed by atoms with E-state index in [4.69, 9.17) is 14.2 Å². The van der Waals surface area contributed by atoms with Crippen LogP contribution in [0.1, 0.15) is 36.5 Å². The number of carbonyl (C=O) groups is 1. The minimum absolute atomic E-state index is 0.0229. The van der Waals surface area contributed by atoms with Crippen LogP contribution < -0.4 is 4.90 Å². The fraction of sp³-hybridized carbons (Fsp3) is 0.696. The van der Waals surface area contributed by atoms with Crippen molar-refractivity contribution in [3.05, 3.63) is 23.8 Å². The highest BCUT2D eigenvalue weighted by Crippen LogP contribution is 2.29. The molecular weight excluding hydrogens is 446 g/mol. The molecule has 3 fully saturated rings. The zero-order valence-electron chi connectivity index (χ0n) is 19.4. The van der Waals surface area contributed by atoms with Crippen molar-refractivity contribution in [1.82, 2.24) is 9.21 Å². The Balaban J connectivity index is 1.64. The smallest absolute Gasteiger partial charge is 0.256 e. The van der Waals surface area contributed by atoms with Crippen molar-refractivity contribution in [2.75, 3.05) is 77.2 Å². The molecule has 1 unspecified atom stereocenters. The summed E-state index contributed by atoms with van der Waals surface area (Å²) >= 11 is 0. The molecule has 1 aromatic carbocycles. The maximum Gasteiger partial charge on any atom is 0.256 e. The molecule has 3 aliphatic heterocycles. The Hall–Kier alpha value is -1.72. The van der Waals surface area contributed by atoms with E-state index in [2.05, 4.69) is 11.8 Å². The first-order chi connectivity index (χ1) is 16.0. The van der Waals surface area contributed by atoms with E-state index < -0.39 is 10.0 Å². The fourth-order valence-corrected chi connectivity index (χ4v) is 6.01. The van der Waals surface area contributed by atoms with Crippen LogP contribution in [0.25, 0.3) is 0 Å². The van der Waals surface area contributed by atoms with E-state index in [1.54, 1.807) is 18.2 Å². The summed E-state index contributed by atoms with van der Waals surface area (Å²) in [5.74, 6) is -0.139. The number of nitrogens with zero attached hydrogens (tertiary/aromatic N) is 3. The van der Waals surface area contributed by atoms with E-state index in [-0.39, 0.29) is 16.9 Å². The second kappa shape index (κ2) is 11.1. The molecule has 33 heavy (non-hydrogen) atoms. The van der Waals surface area contributed by atoms with Gasteiger partial charge in [0.1, 0.15) is 0 Å². The van der Waals surface area contributed by atoms with E-state index in [0.717, 1.165) is 24.9 Å². The highest BCUT2D eigenvalue weighted by molar-refractivity contribution is 7.89. The number of likely N-dealkylation sites (tertiary alicyclic amines) is 1. The molecule has 0 aromatic heterocycles. The maximum absolute atomic E-state index is 13.7. The van der Waals surface area contributed by atoms with E-state index in [1.165, 1.54) is 4.31 Å². The van der Waals surface area contributed by atoms with Gasteiger partial charge in [-0.25, -0.2) is 8.42 Å². The van der Waals surface area contributed by atoms with Gasteiger partial charge >= 0.3 is 0 Å². The molecule has 3 aliphatic rings. The third-order valence-corrected chi connectivity index (χ3v) is 8.28. The van der Waals surface area contributed by atoms with Crippen LogP contribution in [0.3, 0.4) is 0 Å². The zero-order chi connectivity index (χ0) is 23.3. The molecule has 4 rings (SSSR count). The highest BCUT2D eigenvalue weighted by atomic mass is 32.2. The van der Waals surface area contributed by atoms with Crippen LogP contribution in [-0.4, -0.2) is 102 Å². The number of benzene rings is 1. The normalized spacial score (nSPS) is 23.0. The maximum atomic E-state index is 13.7. The number of ether oxygens (including phenoxy) is 3. The molecule has 10 heteroatoms. The Morgan fingerprint density at radius 1 is 1.06 bits per heavy atom. The monoisotopic (exact) mass is 481 g/mol. The lowest BCUT2D eigenvalue weighted by Crippen LogP contribution is -2.44. The molecule has 0 spiro atoms. The predicted octanol–water partition coefficient (Wildman–Crippen LogP) is 1.58. The standard InChI is InChI=1S/C23H35N3O6S/c1-2-12-32-19-4-3-7-25(18-19)23(27)21-17-20(33(28,29)26-10-15-31-16-11-26)5-6-22(21)24-8-13-30-14-9-24/h5-6,17,19H,2-4,7-16,18H2,1H3. The molecule has 3 heterocycles. The average Bonchev–Trinajstić information content (AvgIpc) is 2.88. The first-order valence-corrected chi connectivity index (χ1v) is 13.4. The summed E-state index contributed by atoms with van der Waals surface area (Å²) in [6.45, 7) is 7.81. The number of amides is 1. The molecule has 0 N–H and O–H groups in total. The molecule has 0 aliphatic carbocycles. The molecule has 1 aromatic rings. The van der Waals surface area contributed by atoms with Crippen LogP contribution in [0, 0.1) is 0 Å². The summed E-state index contributed by atoms with van der Waals surface area (Å²) in [4.78, 5) is 17.8. The SMILES string of the molecule is CCCOC1CCCN(C(=O)c2cc(S(=O)(=O)N3CCOCC3)ccc2N2CCOCC2)C1. The van der Waals surface area contributed by atoms with Crippen LogP contribution in [0.4, 0.5) is 5.69 Å². The van der Waals surface area contributed by atoms with Crippen LogP contribution in [0.5, 0.6) is 0 Å². The number of piperidine rings is 1. The van der Waals surface area contributed by atoms with Crippen molar-refractivity contribution in [3.63, 3.8) is 0 Å². The fourth-order valence-electron chi connectivity index (χ4n) is 4.58. The lowest BCUT2D eigenvalue weighted by Gasteiger charge is -2.35. The van der Waals surface area contributed by atoms with Gasteiger partial charge in [-0.3, -0.25) is 4.79 Å². The number of rotatable bonds is 7. The van der Waals surface area contributed by atoms with Gasteiger partial charge in [-0.2, -0.15) is 4.31 Å². The van der Waals surface area contributed by atoms with Gasteiger partial charge in [-0.15, -0.1) is 0 Å². The summed E-state index contributed by atoms with van der Waals surface area (Å²) in [6, 6.07) is 4.96. The first kappa shape index (κ1) is 24.4. The van der Waals surface area contributed by atoms with E-state index in [9.17, 15) is 13.2 Å². The third kappa shape index (κ3) is 5.68. The lowest BCUT2D eigenvalue weighted by atomic mass is 10.0. The second-order valence-electron chi connectivity index (χ2n) is 8.68. The zero-order valence-corrected chi connectivity index (χ0v) is 20.2. The molecular formula is C23H35N3O6S. The van der Waals surface area contributed by atoms with Gasteiger partial charge in [-0.05, 0) is 37.5 Å². The van der Waals surface area contributed by atoms with Gasteiger partial charge in [0.2, 0.25) is 10.0 Å². The molecule has 0 saturated carbocycles. The summed E-state index contributed by atoms with van der Waals surface area (Å²) < 4.78 is 44.7. The van der Waals surface area contributed by atoms with Crippen molar-refractivity contribution in [3.8, 4) is 0 Å².